The summed E-state index contributed by atoms with van der Waals surface area (Å²) >= 11 is 0. The van der Waals surface area contributed by atoms with E-state index < -0.39 is 0 Å². The molecule has 2 aromatic heterocycles. The maximum absolute atomic E-state index is 6.62. The molecule has 0 aliphatic heterocycles. The summed E-state index contributed by atoms with van der Waals surface area (Å²) in [6, 6.07) is 79.9. The Hall–Kier alpha value is -8.41. The standard InChI is InChI=1S/C57H38N4O/c1-5-17-39(18-6-1)43-23-15-24-45(37-43)56-58-55(42-21-9-3-10-22-42)59-57(60-56)50-28-16-30-52-54(50)49-36-33-44(38-53(49)62-52)40-31-34-47(35-32-40)61(46-25-11-4-12-26-46)51-29-14-13-27-48(51)41-19-7-2-8-20-41/h1-38H. The Morgan fingerprint density at radius 3 is 1.55 bits per heavy atom. The summed E-state index contributed by atoms with van der Waals surface area (Å²) in [5, 5.41) is 1.97. The van der Waals surface area contributed by atoms with Gasteiger partial charge in [0.05, 0.1) is 5.69 Å². The van der Waals surface area contributed by atoms with E-state index >= 15 is 0 Å². The molecule has 0 amide bonds. The fourth-order valence-electron chi connectivity index (χ4n) is 8.34. The fourth-order valence-corrected chi connectivity index (χ4v) is 8.34. The first-order chi connectivity index (χ1) is 30.7. The molecule has 62 heavy (non-hydrogen) atoms. The van der Waals surface area contributed by atoms with Gasteiger partial charge in [0.2, 0.25) is 0 Å². The predicted octanol–water partition coefficient (Wildman–Crippen LogP) is 15.2. The SMILES string of the molecule is c1ccc(-c2cccc(-c3nc(-c4ccccc4)nc(-c4cccc5oc6cc(-c7ccc(N(c8ccccc8)c8ccccc8-c8ccccc8)cc7)ccc6c45)n3)c2)cc1. The molecule has 0 bridgehead atoms. The Labute approximate surface area is 359 Å². The van der Waals surface area contributed by atoms with Crippen LogP contribution in [0.5, 0.6) is 0 Å². The molecule has 0 radical (unpaired) electrons. The first kappa shape index (κ1) is 36.7. The highest BCUT2D eigenvalue weighted by Crippen LogP contribution is 2.42. The van der Waals surface area contributed by atoms with Crippen molar-refractivity contribution in [2.75, 3.05) is 4.90 Å². The van der Waals surface area contributed by atoms with Crippen molar-refractivity contribution in [1.29, 1.82) is 0 Å². The number of para-hydroxylation sites is 2. The largest absolute Gasteiger partial charge is 0.456 e. The van der Waals surface area contributed by atoms with E-state index in [-0.39, 0.29) is 0 Å². The molecule has 0 atom stereocenters. The number of aromatic nitrogens is 3. The van der Waals surface area contributed by atoms with Crippen molar-refractivity contribution in [3.8, 4) is 67.5 Å². The van der Waals surface area contributed by atoms with Crippen LogP contribution in [0, 0.1) is 0 Å². The number of anilines is 3. The topological polar surface area (TPSA) is 55.1 Å². The van der Waals surface area contributed by atoms with Crippen LogP contribution in [0.15, 0.2) is 235 Å². The molecule has 0 unspecified atom stereocenters. The summed E-state index contributed by atoms with van der Waals surface area (Å²) in [6.45, 7) is 0. The van der Waals surface area contributed by atoms with Gasteiger partial charge in [-0.2, -0.15) is 0 Å². The number of hydrogen-bond acceptors (Lipinski definition) is 5. The molecule has 0 spiro atoms. The molecule has 292 valence electrons. The summed E-state index contributed by atoms with van der Waals surface area (Å²) in [6.07, 6.45) is 0. The zero-order valence-corrected chi connectivity index (χ0v) is 33.6. The van der Waals surface area contributed by atoms with Crippen molar-refractivity contribution in [2.45, 2.75) is 0 Å². The summed E-state index contributed by atoms with van der Waals surface area (Å²) < 4.78 is 6.62. The molecular weight excluding hydrogens is 757 g/mol. The van der Waals surface area contributed by atoms with Gasteiger partial charge < -0.3 is 9.32 Å². The highest BCUT2D eigenvalue weighted by atomic mass is 16.3. The van der Waals surface area contributed by atoms with Crippen LogP contribution >= 0.6 is 0 Å². The summed E-state index contributed by atoms with van der Waals surface area (Å²) in [5.41, 5.74) is 14.3. The summed E-state index contributed by atoms with van der Waals surface area (Å²) in [7, 11) is 0. The molecule has 0 saturated heterocycles. The molecule has 0 saturated carbocycles. The van der Waals surface area contributed by atoms with E-state index in [2.05, 4.69) is 187 Å². The number of rotatable bonds is 9. The van der Waals surface area contributed by atoms with Crippen molar-refractivity contribution in [1.82, 2.24) is 15.0 Å². The zero-order valence-electron chi connectivity index (χ0n) is 33.6. The van der Waals surface area contributed by atoms with Gasteiger partial charge in [0.15, 0.2) is 17.5 Å². The Kier molecular flexibility index (Phi) is 9.45. The number of benzene rings is 9. The molecule has 0 aliphatic rings. The van der Waals surface area contributed by atoms with Crippen molar-refractivity contribution in [3.63, 3.8) is 0 Å². The smallest absolute Gasteiger partial charge is 0.164 e. The quantitative estimate of drug-likeness (QED) is 0.146. The highest BCUT2D eigenvalue weighted by Gasteiger charge is 2.20. The van der Waals surface area contributed by atoms with E-state index in [0.717, 1.165) is 83.5 Å². The first-order valence-electron chi connectivity index (χ1n) is 20.8. The Morgan fingerprint density at radius 2 is 0.806 bits per heavy atom. The summed E-state index contributed by atoms with van der Waals surface area (Å²) in [5.74, 6) is 1.81. The van der Waals surface area contributed by atoms with Crippen molar-refractivity contribution < 1.29 is 4.42 Å². The third-order valence-corrected chi connectivity index (χ3v) is 11.3. The lowest BCUT2D eigenvalue weighted by atomic mass is 10.00. The number of furan rings is 1. The van der Waals surface area contributed by atoms with Gasteiger partial charge in [-0.3, -0.25) is 0 Å². The van der Waals surface area contributed by atoms with Gasteiger partial charge in [0, 0.05) is 44.4 Å². The van der Waals surface area contributed by atoms with Crippen LogP contribution in [0.3, 0.4) is 0 Å². The van der Waals surface area contributed by atoms with Crippen LogP contribution < -0.4 is 4.90 Å². The predicted molar refractivity (Wildman–Crippen MR) is 254 cm³/mol. The van der Waals surface area contributed by atoms with Crippen molar-refractivity contribution in [2.24, 2.45) is 0 Å². The number of hydrogen-bond donors (Lipinski definition) is 0. The second-order valence-corrected chi connectivity index (χ2v) is 15.2. The minimum atomic E-state index is 0.587. The molecule has 2 heterocycles. The molecule has 5 nitrogen and oxygen atoms in total. The molecule has 5 heteroatoms. The average molecular weight is 795 g/mol. The van der Waals surface area contributed by atoms with Crippen LogP contribution in [0.2, 0.25) is 0 Å². The third-order valence-electron chi connectivity index (χ3n) is 11.3. The van der Waals surface area contributed by atoms with E-state index in [9.17, 15) is 0 Å². The monoisotopic (exact) mass is 794 g/mol. The van der Waals surface area contributed by atoms with Crippen LogP contribution in [0.4, 0.5) is 17.1 Å². The molecule has 0 N–H and O–H groups in total. The zero-order chi connectivity index (χ0) is 41.2. The Morgan fingerprint density at radius 1 is 0.306 bits per heavy atom. The fraction of sp³-hybridized carbons (Fsp3) is 0. The van der Waals surface area contributed by atoms with Crippen molar-refractivity contribution in [3.05, 3.63) is 231 Å². The maximum atomic E-state index is 6.62. The van der Waals surface area contributed by atoms with E-state index in [1.165, 1.54) is 5.56 Å². The number of nitrogens with zero attached hydrogens (tertiary/aromatic N) is 4. The third kappa shape index (κ3) is 6.97. The minimum Gasteiger partial charge on any atom is -0.456 e. The normalized spacial score (nSPS) is 11.2. The van der Waals surface area contributed by atoms with Gasteiger partial charge in [0.25, 0.3) is 0 Å². The lowest BCUT2D eigenvalue weighted by molar-refractivity contribution is 0.669. The molecule has 11 rings (SSSR count). The van der Waals surface area contributed by atoms with Gasteiger partial charge in [-0.05, 0) is 82.4 Å². The van der Waals surface area contributed by atoms with Gasteiger partial charge in [-0.25, -0.2) is 15.0 Å². The molecule has 9 aromatic carbocycles. The van der Waals surface area contributed by atoms with Crippen LogP contribution in [0.1, 0.15) is 0 Å². The lowest BCUT2D eigenvalue weighted by Gasteiger charge is -2.28. The van der Waals surface area contributed by atoms with E-state index in [4.69, 9.17) is 19.4 Å². The molecule has 0 fully saturated rings. The van der Waals surface area contributed by atoms with Gasteiger partial charge in [0.1, 0.15) is 11.2 Å². The molecular formula is C57H38N4O. The second-order valence-electron chi connectivity index (χ2n) is 15.2. The highest BCUT2D eigenvalue weighted by molar-refractivity contribution is 6.12. The van der Waals surface area contributed by atoms with Crippen LogP contribution in [-0.4, -0.2) is 15.0 Å². The van der Waals surface area contributed by atoms with Gasteiger partial charge >= 0.3 is 0 Å². The van der Waals surface area contributed by atoms with E-state index in [0.29, 0.717) is 17.5 Å². The minimum absolute atomic E-state index is 0.587. The lowest BCUT2D eigenvalue weighted by Crippen LogP contribution is -2.11. The van der Waals surface area contributed by atoms with E-state index in [1.807, 2.05) is 48.5 Å². The van der Waals surface area contributed by atoms with Crippen LogP contribution in [0.25, 0.3) is 89.5 Å². The second kappa shape index (κ2) is 16.0. The first-order valence-corrected chi connectivity index (χ1v) is 20.8. The average Bonchev–Trinajstić information content (AvgIpc) is 3.74. The van der Waals surface area contributed by atoms with E-state index in [1.54, 1.807) is 0 Å². The summed E-state index contributed by atoms with van der Waals surface area (Å²) in [4.78, 5) is 17.6. The maximum Gasteiger partial charge on any atom is 0.164 e. The number of fused-ring (bicyclic) bond motifs is 3. The van der Waals surface area contributed by atoms with Crippen molar-refractivity contribution >= 4 is 39.0 Å². The van der Waals surface area contributed by atoms with Crippen LogP contribution in [-0.2, 0) is 0 Å². The Balaban J connectivity index is 0.981. The van der Waals surface area contributed by atoms with Gasteiger partial charge in [-0.1, -0.05) is 176 Å². The molecule has 0 aliphatic carbocycles. The Bertz CT molecular complexity index is 3330. The molecule has 11 aromatic rings. The van der Waals surface area contributed by atoms with Gasteiger partial charge in [-0.15, -0.1) is 0 Å².